The molecule has 0 aromatic heterocycles. The maximum absolute atomic E-state index is 15.4. The fourth-order valence-corrected chi connectivity index (χ4v) is 4.98. The van der Waals surface area contributed by atoms with E-state index < -0.39 is 17.6 Å². The minimum Gasteiger partial charge on any atom is -0.362 e. The number of nitrogens with zero attached hydrogens (tertiary/aromatic N) is 2. The average molecular weight is 478 g/mol. The number of nitrogens with one attached hydrogen (secondary N) is 1. The fraction of sp³-hybridized carbons (Fsp3) is 0.296. The van der Waals surface area contributed by atoms with E-state index >= 15 is 4.39 Å². The van der Waals surface area contributed by atoms with Gasteiger partial charge in [-0.15, -0.1) is 0 Å². The number of carbonyl (C=O) groups is 2. The van der Waals surface area contributed by atoms with Crippen LogP contribution in [0.25, 0.3) is 11.6 Å². The highest BCUT2D eigenvalue weighted by Gasteiger charge is 2.36. The smallest absolute Gasteiger partial charge is 0.270 e. The van der Waals surface area contributed by atoms with Gasteiger partial charge in [-0.05, 0) is 81.7 Å². The third-order valence-corrected chi connectivity index (χ3v) is 6.59. The molecule has 2 amide bonds. The van der Waals surface area contributed by atoms with E-state index in [4.69, 9.17) is 12.2 Å². The second kappa shape index (κ2) is 8.80. The largest absolute Gasteiger partial charge is 0.362 e. The number of carbonyl (C=O) groups excluding carboxylic acids is 2. The van der Waals surface area contributed by atoms with Crippen LogP contribution in [0.1, 0.15) is 50.8 Å². The number of para-hydroxylation sites is 1. The molecular formula is C27H28FN3O2S. The number of allylic oxidation sites excluding steroid dienone is 1. The maximum Gasteiger partial charge on any atom is 0.270 e. The van der Waals surface area contributed by atoms with Crippen LogP contribution in [0.5, 0.6) is 0 Å². The highest BCUT2D eigenvalue weighted by molar-refractivity contribution is 7.80. The van der Waals surface area contributed by atoms with Gasteiger partial charge in [0, 0.05) is 23.4 Å². The second-order valence-corrected chi connectivity index (χ2v) is 9.65. The number of thiocarbonyl (C=S) groups is 1. The van der Waals surface area contributed by atoms with Crippen molar-refractivity contribution >= 4 is 52.2 Å². The van der Waals surface area contributed by atoms with Gasteiger partial charge in [-0.25, -0.2) is 4.39 Å². The Morgan fingerprint density at radius 1 is 1.12 bits per heavy atom. The van der Waals surface area contributed by atoms with Gasteiger partial charge in [0.2, 0.25) is 0 Å². The quantitative estimate of drug-likeness (QED) is 0.365. The molecule has 0 aliphatic carbocycles. The zero-order chi connectivity index (χ0) is 24.8. The summed E-state index contributed by atoms with van der Waals surface area (Å²) in [6, 6.07) is 10.5. The van der Waals surface area contributed by atoms with Gasteiger partial charge >= 0.3 is 0 Å². The van der Waals surface area contributed by atoms with Gasteiger partial charge in [-0.3, -0.25) is 19.8 Å². The Labute approximate surface area is 204 Å². The zero-order valence-electron chi connectivity index (χ0n) is 20.0. The number of benzene rings is 2. The van der Waals surface area contributed by atoms with Crippen LogP contribution in [-0.4, -0.2) is 29.0 Å². The van der Waals surface area contributed by atoms with Crippen molar-refractivity contribution < 1.29 is 14.0 Å². The van der Waals surface area contributed by atoms with Crippen LogP contribution >= 0.6 is 12.2 Å². The molecular weight excluding hydrogens is 449 g/mol. The molecule has 1 saturated heterocycles. The summed E-state index contributed by atoms with van der Waals surface area (Å²) < 4.78 is 15.4. The van der Waals surface area contributed by atoms with E-state index in [0.29, 0.717) is 5.69 Å². The summed E-state index contributed by atoms with van der Waals surface area (Å²) in [5, 5.41) is 2.57. The first-order valence-corrected chi connectivity index (χ1v) is 11.7. The second-order valence-electron chi connectivity index (χ2n) is 9.27. The van der Waals surface area contributed by atoms with Crippen molar-refractivity contribution in [3.05, 3.63) is 70.6 Å². The van der Waals surface area contributed by atoms with Gasteiger partial charge in [0.15, 0.2) is 5.11 Å². The van der Waals surface area contributed by atoms with Gasteiger partial charge < -0.3 is 4.90 Å². The first kappa shape index (κ1) is 23.8. The number of hydrogen-bond donors (Lipinski definition) is 1. The van der Waals surface area contributed by atoms with Crippen molar-refractivity contribution in [1.82, 2.24) is 5.32 Å². The number of amides is 2. The Balaban J connectivity index is 1.80. The van der Waals surface area contributed by atoms with Crippen molar-refractivity contribution in [2.45, 2.75) is 46.6 Å². The fourth-order valence-electron chi connectivity index (χ4n) is 4.70. The van der Waals surface area contributed by atoms with Crippen LogP contribution in [0, 0.1) is 12.7 Å². The summed E-state index contributed by atoms with van der Waals surface area (Å²) in [6.07, 6.45) is 4.40. The Morgan fingerprint density at radius 2 is 1.82 bits per heavy atom. The molecule has 0 spiro atoms. The zero-order valence-corrected chi connectivity index (χ0v) is 20.8. The molecule has 0 atom stereocenters. The average Bonchev–Trinajstić information content (AvgIpc) is 2.75. The van der Waals surface area contributed by atoms with Gasteiger partial charge in [-0.2, -0.15) is 0 Å². The van der Waals surface area contributed by atoms with Gasteiger partial charge in [0.1, 0.15) is 11.4 Å². The van der Waals surface area contributed by atoms with E-state index in [2.05, 4.69) is 37.1 Å². The van der Waals surface area contributed by atoms with Crippen LogP contribution in [0.2, 0.25) is 0 Å². The molecule has 4 rings (SSSR count). The predicted octanol–water partition coefficient (Wildman–Crippen LogP) is 5.38. The highest BCUT2D eigenvalue weighted by atomic mass is 32.1. The molecule has 1 fully saturated rings. The van der Waals surface area contributed by atoms with Gasteiger partial charge in [0.25, 0.3) is 11.8 Å². The third-order valence-electron chi connectivity index (χ3n) is 6.30. The summed E-state index contributed by atoms with van der Waals surface area (Å²) in [5.74, 6) is -1.71. The molecule has 2 heterocycles. The first-order chi connectivity index (χ1) is 16.0. The molecule has 0 saturated carbocycles. The Bertz CT molecular complexity index is 1280. The topological polar surface area (TPSA) is 52.7 Å². The van der Waals surface area contributed by atoms with Crippen molar-refractivity contribution in [3.8, 4) is 0 Å². The van der Waals surface area contributed by atoms with Crippen molar-refractivity contribution in [2.24, 2.45) is 0 Å². The molecule has 5 nitrogen and oxygen atoms in total. The lowest BCUT2D eigenvalue weighted by Crippen LogP contribution is -2.54. The lowest BCUT2D eigenvalue weighted by molar-refractivity contribution is -0.122. The lowest BCUT2D eigenvalue weighted by atomic mass is 9.87. The summed E-state index contributed by atoms with van der Waals surface area (Å²) >= 11 is 5.28. The molecule has 176 valence electrons. The standard InChI is InChI=1S/C27H28FN3O2S/c1-6-11-30-23-14-21(28)18(12-19(23)17(3)15-27(30,4)5)13-20-24(32)29-26(34)31(25(20)33)22-10-8-7-9-16(22)2/h7-10,12-15H,6,11H2,1-5H3,(H,29,32,34)/b20-13-. The minimum absolute atomic E-state index is 0.00331. The first-order valence-electron chi connectivity index (χ1n) is 11.3. The van der Waals surface area contributed by atoms with E-state index in [1.807, 2.05) is 26.0 Å². The van der Waals surface area contributed by atoms with Crippen LogP contribution in [0.3, 0.4) is 0 Å². The van der Waals surface area contributed by atoms with Gasteiger partial charge in [-0.1, -0.05) is 31.2 Å². The number of aryl methyl sites for hydroxylation is 1. The molecule has 1 N–H and O–H groups in total. The van der Waals surface area contributed by atoms with Crippen molar-refractivity contribution in [3.63, 3.8) is 0 Å². The SMILES string of the molecule is CCCN1c2cc(F)c(/C=C3/C(=O)NC(=S)N(c4ccccc4C)C3=O)cc2C(C)=CC1(C)C. The molecule has 0 bridgehead atoms. The normalized spacial score (nSPS) is 18.7. The highest BCUT2D eigenvalue weighted by Crippen LogP contribution is 2.40. The van der Waals surface area contributed by atoms with Crippen molar-refractivity contribution in [2.75, 3.05) is 16.3 Å². The van der Waals surface area contributed by atoms with Crippen LogP contribution < -0.4 is 15.1 Å². The number of rotatable bonds is 4. The molecule has 2 aromatic carbocycles. The number of anilines is 2. The van der Waals surface area contributed by atoms with E-state index in [1.54, 1.807) is 18.2 Å². The molecule has 34 heavy (non-hydrogen) atoms. The van der Waals surface area contributed by atoms with E-state index in [9.17, 15) is 9.59 Å². The Morgan fingerprint density at radius 3 is 2.50 bits per heavy atom. The van der Waals surface area contributed by atoms with Crippen LogP contribution in [0.4, 0.5) is 15.8 Å². The number of halogens is 1. The number of hydrogen-bond acceptors (Lipinski definition) is 4. The molecule has 2 aromatic rings. The number of fused-ring (bicyclic) bond motifs is 1. The summed E-state index contributed by atoms with van der Waals surface area (Å²) in [4.78, 5) is 29.5. The van der Waals surface area contributed by atoms with Crippen molar-refractivity contribution in [1.29, 1.82) is 0 Å². The summed E-state index contributed by atoms with van der Waals surface area (Å²) in [5.41, 5.74) is 3.89. The minimum atomic E-state index is -0.641. The lowest BCUT2D eigenvalue weighted by Gasteiger charge is -2.43. The monoisotopic (exact) mass is 477 g/mol. The van der Waals surface area contributed by atoms with Crippen LogP contribution in [-0.2, 0) is 9.59 Å². The van der Waals surface area contributed by atoms with Crippen LogP contribution in [0.15, 0.2) is 48.0 Å². The van der Waals surface area contributed by atoms with E-state index in [0.717, 1.165) is 35.4 Å². The summed E-state index contributed by atoms with van der Waals surface area (Å²) in [7, 11) is 0. The molecule has 2 aliphatic rings. The summed E-state index contributed by atoms with van der Waals surface area (Å²) in [6.45, 7) is 10.9. The predicted molar refractivity (Wildman–Crippen MR) is 139 cm³/mol. The van der Waals surface area contributed by atoms with E-state index in [1.165, 1.54) is 17.0 Å². The Hall–Kier alpha value is -3.32. The molecule has 0 radical (unpaired) electrons. The molecule has 2 aliphatic heterocycles. The maximum atomic E-state index is 15.4. The van der Waals surface area contributed by atoms with E-state index in [-0.39, 0.29) is 21.8 Å². The van der Waals surface area contributed by atoms with Gasteiger partial charge in [0.05, 0.1) is 11.2 Å². The third kappa shape index (κ3) is 4.05. The molecule has 0 unspecified atom stereocenters. The molecule has 7 heteroatoms. The Kier molecular flexibility index (Phi) is 6.16.